The second-order valence-corrected chi connectivity index (χ2v) is 6.86. The highest BCUT2D eigenvalue weighted by Crippen LogP contribution is 2.32. The van der Waals surface area contributed by atoms with Crippen molar-refractivity contribution in [3.8, 4) is 11.5 Å². The van der Waals surface area contributed by atoms with E-state index in [2.05, 4.69) is 34.5 Å². The Morgan fingerprint density at radius 2 is 1.85 bits per heavy atom. The molecule has 0 aromatic heterocycles. The van der Waals surface area contributed by atoms with Gasteiger partial charge in [-0.25, -0.2) is 0 Å². The van der Waals surface area contributed by atoms with Crippen molar-refractivity contribution in [2.75, 3.05) is 26.4 Å². The monoisotopic (exact) mass is 364 g/mol. The van der Waals surface area contributed by atoms with Gasteiger partial charge in [0.1, 0.15) is 0 Å². The Balaban J connectivity index is 1.38. The summed E-state index contributed by atoms with van der Waals surface area (Å²) in [6.07, 6.45) is 5.82. The summed E-state index contributed by atoms with van der Waals surface area (Å²) >= 11 is 0. The first-order valence-corrected chi connectivity index (χ1v) is 9.44. The zero-order valence-corrected chi connectivity index (χ0v) is 15.3. The highest BCUT2D eigenvalue weighted by molar-refractivity contribution is 5.91. The standard InChI is InChI=1S/C22H24N2O3/c25-22(11-9-17-8-10-20-21(14-17)27-16-26-20)23-15-19(24-12-4-5-13-24)18-6-2-1-3-7-18/h1-3,6-11,14,19H,4-5,12-13,15-16H2,(H,23,25)/b11-9+. The predicted octanol–water partition coefficient (Wildman–Crippen LogP) is 3.38. The first-order valence-electron chi connectivity index (χ1n) is 9.44. The lowest BCUT2D eigenvalue weighted by Gasteiger charge is -2.28. The molecule has 2 aliphatic rings. The molecule has 140 valence electrons. The van der Waals surface area contributed by atoms with Crippen LogP contribution in [-0.2, 0) is 4.79 Å². The second kappa shape index (κ2) is 8.27. The van der Waals surface area contributed by atoms with Crippen molar-refractivity contribution in [1.29, 1.82) is 0 Å². The van der Waals surface area contributed by atoms with E-state index in [4.69, 9.17) is 9.47 Å². The number of hydrogen-bond acceptors (Lipinski definition) is 4. The number of benzene rings is 2. The average Bonchev–Trinajstić information content (AvgIpc) is 3.39. The molecule has 1 saturated heterocycles. The molecule has 2 aromatic carbocycles. The topological polar surface area (TPSA) is 50.8 Å². The third kappa shape index (κ3) is 4.31. The van der Waals surface area contributed by atoms with E-state index in [0.717, 1.165) is 30.2 Å². The molecule has 0 radical (unpaired) electrons. The quantitative estimate of drug-likeness (QED) is 0.799. The number of amides is 1. The highest BCUT2D eigenvalue weighted by Gasteiger charge is 2.23. The van der Waals surface area contributed by atoms with Gasteiger partial charge >= 0.3 is 0 Å². The van der Waals surface area contributed by atoms with Crippen LogP contribution in [-0.4, -0.2) is 37.2 Å². The number of ether oxygens (including phenoxy) is 2. The minimum Gasteiger partial charge on any atom is -0.454 e. The molecule has 1 atom stereocenters. The molecule has 2 aromatic rings. The van der Waals surface area contributed by atoms with Gasteiger partial charge in [0, 0.05) is 12.6 Å². The number of nitrogens with one attached hydrogen (secondary N) is 1. The van der Waals surface area contributed by atoms with Crippen LogP contribution in [0.4, 0.5) is 0 Å². The van der Waals surface area contributed by atoms with E-state index < -0.39 is 0 Å². The first-order chi connectivity index (χ1) is 13.3. The number of likely N-dealkylation sites (tertiary alicyclic amines) is 1. The van der Waals surface area contributed by atoms with Gasteiger partial charge in [0.15, 0.2) is 11.5 Å². The Kier molecular flexibility index (Phi) is 5.39. The summed E-state index contributed by atoms with van der Waals surface area (Å²) in [5.41, 5.74) is 2.16. The van der Waals surface area contributed by atoms with Crippen LogP contribution in [0.1, 0.15) is 30.0 Å². The van der Waals surface area contributed by atoms with Gasteiger partial charge in [-0.05, 0) is 55.3 Å². The molecule has 4 rings (SSSR count). The lowest BCUT2D eigenvalue weighted by Crippen LogP contribution is -2.36. The van der Waals surface area contributed by atoms with E-state index >= 15 is 0 Å². The van der Waals surface area contributed by atoms with Gasteiger partial charge in [-0.1, -0.05) is 36.4 Å². The number of carbonyl (C=O) groups excluding carboxylic acids is 1. The normalized spacial score (nSPS) is 17.3. The number of nitrogens with zero attached hydrogens (tertiary/aromatic N) is 1. The van der Waals surface area contributed by atoms with Crippen molar-refractivity contribution >= 4 is 12.0 Å². The molecule has 0 saturated carbocycles. The van der Waals surface area contributed by atoms with E-state index in [1.807, 2.05) is 24.3 Å². The van der Waals surface area contributed by atoms with Gasteiger partial charge in [-0.15, -0.1) is 0 Å². The lowest BCUT2D eigenvalue weighted by molar-refractivity contribution is -0.116. The van der Waals surface area contributed by atoms with E-state index in [9.17, 15) is 4.79 Å². The van der Waals surface area contributed by atoms with E-state index in [0.29, 0.717) is 6.54 Å². The fourth-order valence-corrected chi connectivity index (χ4v) is 3.63. The third-order valence-electron chi connectivity index (χ3n) is 5.06. The van der Waals surface area contributed by atoms with Crippen LogP contribution in [0, 0.1) is 0 Å². The molecule has 5 nitrogen and oxygen atoms in total. The minimum atomic E-state index is -0.0900. The molecule has 0 aliphatic carbocycles. The Labute approximate surface area is 159 Å². The number of carbonyl (C=O) groups is 1. The van der Waals surface area contributed by atoms with Crippen molar-refractivity contribution in [1.82, 2.24) is 10.2 Å². The molecule has 1 unspecified atom stereocenters. The summed E-state index contributed by atoms with van der Waals surface area (Å²) in [6, 6.07) is 16.3. The fourth-order valence-electron chi connectivity index (χ4n) is 3.63. The largest absolute Gasteiger partial charge is 0.454 e. The molecule has 27 heavy (non-hydrogen) atoms. The average molecular weight is 364 g/mol. The van der Waals surface area contributed by atoms with E-state index in [1.165, 1.54) is 18.4 Å². The molecule has 1 amide bonds. The van der Waals surface area contributed by atoms with Crippen molar-refractivity contribution in [3.05, 3.63) is 65.7 Å². The van der Waals surface area contributed by atoms with Crippen LogP contribution in [0.15, 0.2) is 54.6 Å². The van der Waals surface area contributed by atoms with Crippen LogP contribution >= 0.6 is 0 Å². The number of fused-ring (bicyclic) bond motifs is 1. The van der Waals surface area contributed by atoms with Gasteiger partial charge in [0.2, 0.25) is 12.7 Å². The van der Waals surface area contributed by atoms with E-state index in [-0.39, 0.29) is 18.7 Å². The molecule has 0 bridgehead atoms. The molecule has 0 spiro atoms. The molecule has 2 heterocycles. The Bertz CT molecular complexity index is 814. The van der Waals surface area contributed by atoms with Gasteiger partial charge in [-0.2, -0.15) is 0 Å². The van der Waals surface area contributed by atoms with Crippen LogP contribution in [0.5, 0.6) is 11.5 Å². The van der Waals surface area contributed by atoms with Crippen molar-refractivity contribution in [2.45, 2.75) is 18.9 Å². The maximum atomic E-state index is 12.3. The fraction of sp³-hybridized carbons (Fsp3) is 0.318. The Morgan fingerprint density at radius 1 is 1.07 bits per heavy atom. The molecule has 2 aliphatic heterocycles. The minimum absolute atomic E-state index is 0.0900. The van der Waals surface area contributed by atoms with Crippen LogP contribution in [0.25, 0.3) is 6.08 Å². The summed E-state index contributed by atoms with van der Waals surface area (Å²) in [5.74, 6) is 1.37. The maximum absolute atomic E-state index is 12.3. The second-order valence-electron chi connectivity index (χ2n) is 6.86. The summed E-state index contributed by atoms with van der Waals surface area (Å²) in [6.45, 7) is 3.03. The van der Waals surface area contributed by atoms with E-state index in [1.54, 1.807) is 12.2 Å². The van der Waals surface area contributed by atoms with Crippen LogP contribution in [0.2, 0.25) is 0 Å². The molecular weight excluding hydrogens is 340 g/mol. The zero-order valence-electron chi connectivity index (χ0n) is 15.3. The molecule has 5 heteroatoms. The summed E-state index contributed by atoms with van der Waals surface area (Å²) in [7, 11) is 0. The summed E-state index contributed by atoms with van der Waals surface area (Å²) in [5, 5.41) is 3.06. The van der Waals surface area contributed by atoms with Gasteiger partial charge in [-0.3, -0.25) is 9.69 Å². The van der Waals surface area contributed by atoms with Crippen LogP contribution in [0.3, 0.4) is 0 Å². The third-order valence-corrected chi connectivity index (χ3v) is 5.06. The predicted molar refractivity (Wildman–Crippen MR) is 105 cm³/mol. The molecule has 1 N–H and O–H groups in total. The lowest BCUT2D eigenvalue weighted by atomic mass is 10.1. The van der Waals surface area contributed by atoms with Gasteiger partial charge < -0.3 is 14.8 Å². The molecule has 1 fully saturated rings. The maximum Gasteiger partial charge on any atom is 0.244 e. The molecular formula is C22H24N2O3. The Hall–Kier alpha value is -2.79. The summed E-state index contributed by atoms with van der Waals surface area (Å²) < 4.78 is 10.7. The number of rotatable bonds is 6. The van der Waals surface area contributed by atoms with Crippen molar-refractivity contribution in [3.63, 3.8) is 0 Å². The number of hydrogen-bond donors (Lipinski definition) is 1. The Morgan fingerprint density at radius 3 is 2.67 bits per heavy atom. The SMILES string of the molecule is O=C(/C=C/c1ccc2c(c1)OCO2)NCC(c1ccccc1)N1CCCC1. The van der Waals surface area contributed by atoms with Gasteiger partial charge in [0.05, 0.1) is 6.04 Å². The smallest absolute Gasteiger partial charge is 0.244 e. The highest BCUT2D eigenvalue weighted by atomic mass is 16.7. The van der Waals surface area contributed by atoms with Crippen molar-refractivity contribution in [2.24, 2.45) is 0 Å². The first kappa shape index (κ1) is 17.6. The summed E-state index contributed by atoms with van der Waals surface area (Å²) in [4.78, 5) is 14.8. The van der Waals surface area contributed by atoms with Crippen LogP contribution < -0.4 is 14.8 Å². The van der Waals surface area contributed by atoms with Gasteiger partial charge in [0.25, 0.3) is 0 Å². The zero-order chi connectivity index (χ0) is 18.5. The van der Waals surface area contributed by atoms with Crippen molar-refractivity contribution < 1.29 is 14.3 Å².